The molecule has 1 heterocycles. The average molecular weight is 374 g/mol. The molecule has 1 unspecified atom stereocenters. The maximum absolute atomic E-state index is 9.15. The number of halogens is 2. The molecule has 2 aliphatic rings. The predicted octanol–water partition coefficient (Wildman–Crippen LogP) is 2.99. The Kier molecular flexibility index (Phi) is 5.23. The highest BCUT2D eigenvalue weighted by molar-refractivity contribution is 9.10. The SMILES string of the molecule is OCCN1CCN(Cc2cccc(Br)c2Cl)C(C2CC2)C1. The van der Waals surface area contributed by atoms with Gasteiger partial charge < -0.3 is 5.11 Å². The van der Waals surface area contributed by atoms with Crippen molar-refractivity contribution < 1.29 is 5.11 Å². The second-order valence-electron chi connectivity index (χ2n) is 6.11. The molecule has 0 bridgehead atoms. The van der Waals surface area contributed by atoms with Gasteiger partial charge in [0.1, 0.15) is 0 Å². The molecule has 1 aromatic carbocycles. The first-order valence-corrected chi connectivity index (χ1v) is 8.86. The summed E-state index contributed by atoms with van der Waals surface area (Å²) in [6, 6.07) is 6.78. The second kappa shape index (κ2) is 6.97. The Morgan fingerprint density at radius 2 is 2.10 bits per heavy atom. The third-order valence-corrected chi connectivity index (χ3v) is 5.94. The second-order valence-corrected chi connectivity index (χ2v) is 7.34. The van der Waals surface area contributed by atoms with Crippen LogP contribution in [0.4, 0.5) is 0 Å². The van der Waals surface area contributed by atoms with Gasteiger partial charge in [0.25, 0.3) is 0 Å². The molecule has 1 atom stereocenters. The van der Waals surface area contributed by atoms with Crippen molar-refractivity contribution in [2.24, 2.45) is 5.92 Å². The van der Waals surface area contributed by atoms with Gasteiger partial charge in [-0.2, -0.15) is 0 Å². The Morgan fingerprint density at radius 3 is 2.81 bits per heavy atom. The molecule has 1 saturated heterocycles. The summed E-state index contributed by atoms with van der Waals surface area (Å²) in [7, 11) is 0. The van der Waals surface area contributed by atoms with Crippen LogP contribution in [0.15, 0.2) is 22.7 Å². The normalized spacial score (nSPS) is 24.4. The highest BCUT2D eigenvalue weighted by atomic mass is 79.9. The summed E-state index contributed by atoms with van der Waals surface area (Å²) in [6.45, 7) is 5.16. The van der Waals surface area contributed by atoms with Crippen LogP contribution in [-0.4, -0.2) is 53.7 Å². The van der Waals surface area contributed by atoms with Crippen LogP contribution in [0, 0.1) is 5.92 Å². The molecular weight excluding hydrogens is 352 g/mol. The summed E-state index contributed by atoms with van der Waals surface area (Å²) in [5.74, 6) is 0.831. The van der Waals surface area contributed by atoms with E-state index in [1.54, 1.807) is 0 Å². The summed E-state index contributed by atoms with van der Waals surface area (Å²) in [4.78, 5) is 4.97. The number of aliphatic hydroxyl groups excluding tert-OH is 1. The first kappa shape index (κ1) is 15.8. The summed E-state index contributed by atoms with van der Waals surface area (Å²) in [5.41, 5.74) is 1.20. The lowest BCUT2D eigenvalue weighted by Crippen LogP contribution is -2.54. The Labute approximate surface area is 140 Å². The third-order valence-electron chi connectivity index (χ3n) is 4.61. The molecule has 1 saturated carbocycles. The van der Waals surface area contributed by atoms with E-state index in [0.29, 0.717) is 6.04 Å². The monoisotopic (exact) mass is 372 g/mol. The van der Waals surface area contributed by atoms with Crippen molar-refractivity contribution >= 4 is 27.5 Å². The topological polar surface area (TPSA) is 26.7 Å². The van der Waals surface area contributed by atoms with Gasteiger partial charge in [-0.15, -0.1) is 0 Å². The van der Waals surface area contributed by atoms with E-state index >= 15 is 0 Å². The summed E-state index contributed by atoms with van der Waals surface area (Å²) >= 11 is 9.93. The smallest absolute Gasteiger partial charge is 0.0593 e. The van der Waals surface area contributed by atoms with Crippen LogP contribution < -0.4 is 0 Å². The van der Waals surface area contributed by atoms with Crippen molar-refractivity contribution in [3.8, 4) is 0 Å². The summed E-state index contributed by atoms with van der Waals surface area (Å²) in [6.07, 6.45) is 2.70. The molecule has 1 aliphatic carbocycles. The molecule has 1 N–H and O–H groups in total. The quantitative estimate of drug-likeness (QED) is 0.859. The molecule has 5 heteroatoms. The van der Waals surface area contributed by atoms with Crippen LogP contribution in [0.2, 0.25) is 5.02 Å². The zero-order valence-electron chi connectivity index (χ0n) is 12.1. The Bertz CT molecular complexity index is 495. The number of rotatable bonds is 5. The van der Waals surface area contributed by atoms with Crippen molar-refractivity contribution in [3.63, 3.8) is 0 Å². The number of benzene rings is 1. The van der Waals surface area contributed by atoms with Gasteiger partial charge >= 0.3 is 0 Å². The predicted molar refractivity (Wildman–Crippen MR) is 89.6 cm³/mol. The summed E-state index contributed by atoms with van der Waals surface area (Å²) < 4.78 is 0.976. The van der Waals surface area contributed by atoms with E-state index in [1.807, 2.05) is 6.07 Å². The fourth-order valence-electron chi connectivity index (χ4n) is 3.27. The van der Waals surface area contributed by atoms with Crippen LogP contribution >= 0.6 is 27.5 Å². The van der Waals surface area contributed by atoms with E-state index in [-0.39, 0.29) is 6.61 Å². The van der Waals surface area contributed by atoms with E-state index in [9.17, 15) is 0 Å². The number of nitrogens with zero attached hydrogens (tertiary/aromatic N) is 2. The standard InChI is InChI=1S/C16H22BrClN2O/c17-14-3-1-2-13(16(14)18)10-20-7-6-19(8-9-21)11-15(20)12-4-5-12/h1-3,12,15,21H,4-11H2. The molecule has 116 valence electrons. The molecule has 21 heavy (non-hydrogen) atoms. The molecule has 0 spiro atoms. The van der Waals surface area contributed by atoms with Gasteiger partial charge in [-0.3, -0.25) is 9.80 Å². The van der Waals surface area contributed by atoms with Crippen molar-refractivity contribution in [3.05, 3.63) is 33.3 Å². The van der Waals surface area contributed by atoms with Gasteiger partial charge in [0.15, 0.2) is 0 Å². The first-order valence-electron chi connectivity index (χ1n) is 7.69. The number of hydrogen-bond donors (Lipinski definition) is 1. The maximum atomic E-state index is 9.15. The average Bonchev–Trinajstić information content (AvgIpc) is 3.30. The number of hydrogen-bond acceptors (Lipinski definition) is 3. The Morgan fingerprint density at radius 1 is 1.29 bits per heavy atom. The molecule has 0 radical (unpaired) electrons. The Balaban J connectivity index is 1.70. The maximum Gasteiger partial charge on any atom is 0.0593 e. The van der Waals surface area contributed by atoms with Gasteiger partial charge in [-0.25, -0.2) is 0 Å². The van der Waals surface area contributed by atoms with Crippen molar-refractivity contribution in [2.75, 3.05) is 32.8 Å². The molecule has 1 aliphatic heterocycles. The molecule has 2 fully saturated rings. The largest absolute Gasteiger partial charge is 0.395 e. The third kappa shape index (κ3) is 3.80. The van der Waals surface area contributed by atoms with Crippen LogP contribution in [0.3, 0.4) is 0 Å². The van der Waals surface area contributed by atoms with Crippen LogP contribution in [0.1, 0.15) is 18.4 Å². The minimum Gasteiger partial charge on any atom is -0.395 e. The fraction of sp³-hybridized carbons (Fsp3) is 0.625. The lowest BCUT2D eigenvalue weighted by Gasteiger charge is -2.42. The zero-order valence-corrected chi connectivity index (χ0v) is 14.5. The van der Waals surface area contributed by atoms with Crippen molar-refractivity contribution in [2.45, 2.75) is 25.4 Å². The lowest BCUT2D eigenvalue weighted by molar-refractivity contribution is 0.0477. The molecule has 0 aromatic heterocycles. The van der Waals surface area contributed by atoms with Gasteiger partial charge in [0.2, 0.25) is 0 Å². The van der Waals surface area contributed by atoms with Gasteiger partial charge in [-0.05, 0) is 46.3 Å². The van der Waals surface area contributed by atoms with Gasteiger partial charge in [-0.1, -0.05) is 23.7 Å². The van der Waals surface area contributed by atoms with E-state index in [1.165, 1.54) is 18.4 Å². The highest BCUT2D eigenvalue weighted by Gasteiger charge is 2.38. The van der Waals surface area contributed by atoms with Crippen molar-refractivity contribution in [1.82, 2.24) is 9.80 Å². The van der Waals surface area contributed by atoms with Crippen LogP contribution in [0.5, 0.6) is 0 Å². The molecular formula is C16H22BrClN2O. The first-order chi connectivity index (χ1) is 10.2. The summed E-state index contributed by atoms with van der Waals surface area (Å²) in [5, 5.41) is 9.99. The number of aliphatic hydroxyl groups is 1. The van der Waals surface area contributed by atoms with Gasteiger partial charge in [0.05, 0.1) is 11.6 Å². The minimum absolute atomic E-state index is 0.259. The lowest BCUT2D eigenvalue weighted by atomic mass is 10.1. The zero-order chi connectivity index (χ0) is 14.8. The fourth-order valence-corrected chi connectivity index (χ4v) is 3.86. The number of β-amino-alcohol motifs (C(OH)–C–C–N with tert-alkyl or cyclic N) is 1. The van der Waals surface area contributed by atoms with Crippen LogP contribution in [0.25, 0.3) is 0 Å². The Hall–Kier alpha value is -0.130. The molecule has 3 rings (SSSR count). The minimum atomic E-state index is 0.259. The number of piperazine rings is 1. The van der Waals surface area contributed by atoms with Crippen molar-refractivity contribution in [1.29, 1.82) is 0 Å². The van der Waals surface area contributed by atoms with Crippen LogP contribution in [-0.2, 0) is 6.54 Å². The molecule has 0 amide bonds. The van der Waals surface area contributed by atoms with E-state index in [0.717, 1.165) is 48.1 Å². The molecule has 1 aromatic rings. The highest BCUT2D eigenvalue weighted by Crippen LogP contribution is 2.38. The van der Waals surface area contributed by atoms with Gasteiger partial charge in [0, 0.05) is 43.2 Å². The van der Waals surface area contributed by atoms with E-state index in [2.05, 4.69) is 37.9 Å². The van der Waals surface area contributed by atoms with E-state index < -0.39 is 0 Å². The van der Waals surface area contributed by atoms with E-state index in [4.69, 9.17) is 16.7 Å². The molecule has 3 nitrogen and oxygen atoms in total.